The highest BCUT2D eigenvalue weighted by atomic mass is 16.7. The van der Waals surface area contributed by atoms with Crippen molar-refractivity contribution >= 4 is 17.6 Å². The number of nitrogens with one attached hydrogen (secondary N) is 2. The molecular formula is C29H52N2O15. The maximum Gasteiger partial charge on any atom is 0.220 e. The maximum absolute atomic E-state index is 12.3. The van der Waals surface area contributed by atoms with Gasteiger partial charge in [0.15, 0.2) is 18.4 Å². The minimum Gasteiger partial charge on any atom is -0.394 e. The van der Waals surface area contributed by atoms with Crippen LogP contribution >= 0.6 is 0 Å². The Kier molecular flexibility index (Phi) is 18.6. The molecule has 2 fully saturated rings. The third-order valence-corrected chi connectivity index (χ3v) is 7.93. The van der Waals surface area contributed by atoms with E-state index in [2.05, 4.69) is 10.6 Å². The molecule has 0 saturated carbocycles. The number of hydrogen-bond acceptors (Lipinski definition) is 15. The van der Waals surface area contributed by atoms with Crippen LogP contribution in [0.5, 0.6) is 0 Å². The Hall–Kier alpha value is -1.87. The van der Waals surface area contributed by atoms with Gasteiger partial charge in [0.2, 0.25) is 11.8 Å². The molecule has 9 unspecified atom stereocenters. The van der Waals surface area contributed by atoms with Crippen molar-refractivity contribution in [1.29, 1.82) is 0 Å². The highest BCUT2D eigenvalue weighted by Gasteiger charge is 2.45. The van der Waals surface area contributed by atoms with Gasteiger partial charge < -0.3 is 70.4 Å². The fourth-order valence-corrected chi connectivity index (χ4v) is 5.02. The molecule has 2 amide bonds. The van der Waals surface area contributed by atoms with Crippen LogP contribution in [0.15, 0.2) is 0 Å². The van der Waals surface area contributed by atoms with Gasteiger partial charge in [0.05, 0.1) is 19.3 Å². The van der Waals surface area contributed by atoms with Crippen molar-refractivity contribution in [1.82, 2.24) is 10.6 Å². The Labute approximate surface area is 267 Å². The monoisotopic (exact) mass is 668 g/mol. The zero-order valence-corrected chi connectivity index (χ0v) is 26.2. The molecule has 0 aliphatic carbocycles. The van der Waals surface area contributed by atoms with Gasteiger partial charge in [-0.15, -0.1) is 0 Å². The van der Waals surface area contributed by atoms with Gasteiger partial charge in [-0.05, 0) is 51.9 Å². The zero-order chi connectivity index (χ0) is 34.2. The molecule has 2 aliphatic rings. The van der Waals surface area contributed by atoms with Crippen molar-refractivity contribution < 1.29 is 74.2 Å². The van der Waals surface area contributed by atoms with Crippen LogP contribution in [0.2, 0.25) is 0 Å². The first-order valence-corrected chi connectivity index (χ1v) is 15.8. The van der Waals surface area contributed by atoms with Crippen LogP contribution < -0.4 is 10.6 Å². The summed E-state index contributed by atoms with van der Waals surface area (Å²) < 4.78 is 21.3. The number of aliphatic hydroxyl groups excluding tert-OH is 8. The van der Waals surface area contributed by atoms with Gasteiger partial charge in [-0.3, -0.25) is 14.4 Å². The first-order chi connectivity index (χ1) is 21.9. The minimum atomic E-state index is -1.53. The highest BCUT2D eigenvalue weighted by Crippen LogP contribution is 2.23. The normalized spacial score (nSPS) is 32.1. The summed E-state index contributed by atoms with van der Waals surface area (Å²) in [6.07, 6.45) is -9.77. The number of unbranched alkanes of at least 4 members (excludes halogenated alkanes) is 3. The van der Waals surface area contributed by atoms with Crippen molar-refractivity contribution in [3.63, 3.8) is 0 Å². The van der Waals surface area contributed by atoms with Crippen molar-refractivity contribution in [2.24, 2.45) is 0 Å². The van der Waals surface area contributed by atoms with Crippen LogP contribution in [0.1, 0.15) is 64.7 Å². The summed E-state index contributed by atoms with van der Waals surface area (Å²) in [7, 11) is 0. The van der Waals surface area contributed by atoms with Crippen LogP contribution in [0.25, 0.3) is 0 Å². The minimum absolute atomic E-state index is 0.0910. The molecule has 268 valence electrons. The van der Waals surface area contributed by atoms with Crippen molar-refractivity contribution in [2.45, 2.75) is 132 Å². The second kappa shape index (κ2) is 21.2. The van der Waals surface area contributed by atoms with Crippen molar-refractivity contribution in [3.05, 3.63) is 0 Å². The summed E-state index contributed by atoms with van der Waals surface area (Å²) in [6, 6.07) is -0.655. The van der Waals surface area contributed by atoms with Crippen molar-refractivity contribution in [3.8, 4) is 0 Å². The number of ether oxygens (including phenoxy) is 4. The number of rotatable bonds is 21. The lowest BCUT2D eigenvalue weighted by atomic mass is 9.99. The van der Waals surface area contributed by atoms with E-state index in [4.69, 9.17) is 18.9 Å². The SMILES string of the molecule is CC(=O)[C@@H](CCCCNC(=O)CCCCOC1OC(CO)C(O)C(O)[C@H]1O)NC(=O)CCCCOC1OC(CO)C(O)C(O)C1O. The molecule has 2 aliphatic heterocycles. The molecule has 17 heteroatoms. The molecule has 0 aromatic rings. The summed E-state index contributed by atoms with van der Waals surface area (Å²) in [5.41, 5.74) is 0. The zero-order valence-electron chi connectivity index (χ0n) is 26.2. The Balaban J connectivity index is 1.52. The fourth-order valence-electron chi connectivity index (χ4n) is 5.02. The fraction of sp³-hybridized carbons (Fsp3) is 0.897. The summed E-state index contributed by atoms with van der Waals surface area (Å²) in [5.74, 6) is -0.661. The van der Waals surface area contributed by atoms with E-state index in [9.17, 15) is 55.2 Å². The molecule has 2 heterocycles. The van der Waals surface area contributed by atoms with Crippen LogP contribution in [0.4, 0.5) is 0 Å². The second-order valence-corrected chi connectivity index (χ2v) is 11.6. The quantitative estimate of drug-likeness (QED) is 0.0528. The maximum atomic E-state index is 12.3. The third kappa shape index (κ3) is 13.0. The predicted molar refractivity (Wildman–Crippen MR) is 157 cm³/mol. The van der Waals surface area contributed by atoms with Gasteiger partial charge in [-0.1, -0.05) is 0 Å². The van der Waals surface area contributed by atoms with Gasteiger partial charge in [-0.2, -0.15) is 0 Å². The van der Waals surface area contributed by atoms with E-state index >= 15 is 0 Å². The van der Waals surface area contributed by atoms with E-state index in [1.54, 1.807) is 0 Å². The van der Waals surface area contributed by atoms with E-state index in [-0.39, 0.29) is 43.7 Å². The standard InChI is InChI=1S/C29H52N2O15/c1-16(34)17(31-21(36)10-4-7-13-44-29-27(42)25(40)23(38)19(15-33)46-29)8-2-5-11-30-20(35)9-3-6-12-43-28-26(41)24(39)22(37)18(14-32)45-28/h17-19,22-29,32-33,37-42H,2-15H2,1H3,(H,30,35)(H,31,36)/t17-,18?,19?,22?,23?,24?,25?,26-,27?,28?,29?/m1/s1. The van der Waals surface area contributed by atoms with Gasteiger partial charge in [0.1, 0.15) is 48.8 Å². The molecule has 46 heavy (non-hydrogen) atoms. The number of carbonyl (C=O) groups is 3. The molecule has 0 aromatic heterocycles. The summed E-state index contributed by atoms with van der Waals surface area (Å²) in [4.78, 5) is 36.5. The van der Waals surface area contributed by atoms with Crippen LogP contribution in [-0.2, 0) is 33.3 Å². The number of aliphatic hydroxyl groups is 8. The topological polar surface area (TPSA) is 274 Å². The average molecular weight is 669 g/mol. The first-order valence-electron chi connectivity index (χ1n) is 15.8. The Morgan fingerprint density at radius 2 is 1.13 bits per heavy atom. The highest BCUT2D eigenvalue weighted by molar-refractivity contribution is 5.87. The second-order valence-electron chi connectivity index (χ2n) is 11.6. The molecule has 17 nitrogen and oxygen atoms in total. The number of Topliss-reactive ketones (excluding diaryl/α,β-unsaturated/α-hetero) is 1. The molecule has 0 aromatic carbocycles. The largest absolute Gasteiger partial charge is 0.394 e. The lowest BCUT2D eigenvalue weighted by molar-refractivity contribution is -0.301. The van der Waals surface area contributed by atoms with E-state index in [1.165, 1.54) is 6.92 Å². The van der Waals surface area contributed by atoms with Crippen molar-refractivity contribution in [2.75, 3.05) is 33.0 Å². The van der Waals surface area contributed by atoms with Gasteiger partial charge >= 0.3 is 0 Å². The molecule has 2 saturated heterocycles. The van der Waals surface area contributed by atoms with E-state index in [1.807, 2.05) is 0 Å². The summed E-state index contributed by atoms with van der Waals surface area (Å²) >= 11 is 0. The predicted octanol–water partition coefficient (Wildman–Crippen LogP) is -3.68. The lowest BCUT2D eigenvalue weighted by Gasteiger charge is -2.39. The molecule has 10 N–H and O–H groups in total. The molecular weight excluding hydrogens is 616 g/mol. The van der Waals surface area contributed by atoms with Crippen LogP contribution in [-0.4, -0.2) is 159 Å². The Morgan fingerprint density at radius 3 is 1.59 bits per heavy atom. The van der Waals surface area contributed by atoms with Crippen LogP contribution in [0.3, 0.4) is 0 Å². The molecule has 0 bridgehead atoms. The van der Waals surface area contributed by atoms with E-state index in [0.717, 1.165) is 0 Å². The summed E-state index contributed by atoms with van der Waals surface area (Å²) in [6.45, 7) is 0.898. The van der Waals surface area contributed by atoms with Crippen LogP contribution in [0, 0.1) is 0 Å². The molecule has 11 atom stereocenters. The Morgan fingerprint density at radius 1 is 0.652 bits per heavy atom. The third-order valence-electron chi connectivity index (χ3n) is 7.93. The van der Waals surface area contributed by atoms with E-state index < -0.39 is 80.7 Å². The average Bonchev–Trinajstić information content (AvgIpc) is 3.03. The Bertz CT molecular complexity index is 910. The lowest BCUT2D eigenvalue weighted by Crippen LogP contribution is -2.59. The number of carbonyl (C=O) groups excluding carboxylic acids is 3. The van der Waals surface area contributed by atoms with E-state index in [0.29, 0.717) is 51.5 Å². The number of ketones is 1. The molecule has 0 spiro atoms. The molecule has 0 radical (unpaired) electrons. The van der Waals surface area contributed by atoms with Gasteiger partial charge in [0, 0.05) is 32.6 Å². The smallest absolute Gasteiger partial charge is 0.220 e. The number of amides is 2. The summed E-state index contributed by atoms with van der Waals surface area (Å²) in [5, 5.41) is 83.1. The number of hydrogen-bond donors (Lipinski definition) is 10. The molecule has 2 rings (SSSR count). The van der Waals surface area contributed by atoms with Gasteiger partial charge in [0.25, 0.3) is 0 Å². The van der Waals surface area contributed by atoms with Gasteiger partial charge in [-0.25, -0.2) is 0 Å². The first kappa shape index (κ1) is 40.3.